The van der Waals surface area contributed by atoms with Gasteiger partial charge in [0, 0.05) is 6.54 Å². The van der Waals surface area contributed by atoms with Crippen LogP contribution in [-0.2, 0) is 4.79 Å². The lowest BCUT2D eigenvalue weighted by Gasteiger charge is -2.31. The van der Waals surface area contributed by atoms with Crippen LogP contribution in [0, 0.1) is 5.41 Å². The van der Waals surface area contributed by atoms with Gasteiger partial charge in [-0.1, -0.05) is 12.8 Å². The Morgan fingerprint density at radius 3 is 2.81 bits per heavy atom. The summed E-state index contributed by atoms with van der Waals surface area (Å²) in [5.41, 5.74) is -0.281. The van der Waals surface area contributed by atoms with Crippen LogP contribution in [0.1, 0.15) is 39.0 Å². The first-order chi connectivity index (χ1) is 7.62. The van der Waals surface area contributed by atoms with E-state index in [0.717, 1.165) is 45.2 Å². The average molecular weight is 226 g/mol. The first-order valence-corrected chi connectivity index (χ1v) is 6.32. The normalized spacial score (nSPS) is 39.6. The van der Waals surface area contributed by atoms with E-state index in [1.807, 2.05) is 6.92 Å². The summed E-state index contributed by atoms with van der Waals surface area (Å²) < 4.78 is 0. The molecular formula is C12H22N2O2. The second-order valence-corrected chi connectivity index (χ2v) is 5.42. The Balaban J connectivity index is 1.90. The minimum atomic E-state index is -0.351. The summed E-state index contributed by atoms with van der Waals surface area (Å²) in [4.78, 5) is 12.1. The van der Waals surface area contributed by atoms with Crippen molar-refractivity contribution in [2.24, 2.45) is 5.41 Å². The molecule has 2 fully saturated rings. The molecule has 0 aromatic carbocycles. The standard InChI is InChI=1S/C12H22N2O2/c1-12(6-7-13-8-12)11(16)14-9-4-2-3-5-10(9)15/h9-10,13,15H,2-8H2,1H3,(H,14,16)/t9-,10-,12?/m0/s1. The van der Waals surface area contributed by atoms with Crippen molar-refractivity contribution in [3.63, 3.8) is 0 Å². The summed E-state index contributed by atoms with van der Waals surface area (Å²) in [6.07, 6.45) is 4.46. The third-order valence-electron chi connectivity index (χ3n) is 3.96. The van der Waals surface area contributed by atoms with Crippen molar-refractivity contribution < 1.29 is 9.90 Å². The summed E-state index contributed by atoms with van der Waals surface area (Å²) in [5, 5.41) is 16.1. The molecule has 0 radical (unpaired) electrons. The number of carbonyl (C=O) groups is 1. The van der Waals surface area contributed by atoms with E-state index in [1.54, 1.807) is 0 Å². The van der Waals surface area contributed by atoms with E-state index in [-0.39, 0.29) is 23.5 Å². The molecule has 1 heterocycles. The highest BCUT2D eigenvalue weighted by Gasteiger charge is 2.38. The van der Waals surface area contributed by atoms with Gasteiger partial charge in [0.15, 0.2) is 0 Å². The van der Waals surface area contributed by atoms with Crippen molar-refractivity contribution in [2.45, 2.75) is 51.2 Å². The van der Waals surface area contributed by atoms with Gasteiger partial charge in [0.25, 0.3) is 0 Å². The number of hydrogen-bond donors (Lipinski definition) is 3. The van der Waals surface area contributed by atoms with Gasteiger partial charge in [-0.05, 0) is 32.7 Å². The Morgan fingerprint density at radius 2 is 2.19 bits per heavy atom. The van der Waals surface area contributed by atoms with Crippen LogP contribution in [0.25, 0.3) is 0 Å². The van der Waals surface area contributed by atoms with E-state index >= 15 is 0 Å². The van der Waals surface area contributed by atoms with Crippen molar-refractivity contribution in [3.05, 3.63) is 0 Å². The Kier molecular flexibility index (Phi) is 3.50. The molecule has 0 spiro atoms. The maximum absolute atomic E-state index is 12.1. The highest BCUT2D eigenvalue weighted by atomic mass is 16.3. The maximum atomic E-state index is 12.1. The molecule has 1 aliphatic carbocycles. The molecule has 2 aliphatic rings. The molecule has 3 atom stereocenters. The number of rotatable bonds is 2. The van der Waals surface area contributed by atoms with Crippen LogP contribution in [0.2, 0.25) is 0 Å². The van der Waals surface area contributed by atoms with Crippen molar-refractivity contribution in [1.82, 2.24) is 10.6 Å². The Hall–Kier alpha value is -0.610. The predicted molar refractivity (Wildman–Crippen MR) is 62.0 cm³/mol. The van der Waals surface area contributed by atoms with E-state index in [0.29, 0.717) is 0 Å². The number of aliphatic hydroxyl groups excluding tert-OH is 1. The van der Waals surface area contributed by atoms with E-state index in [1.165, 1.54) is 0 Å². The van der Waals surface area contributed by atoms with Gasteiger partial charge < -0.3 is 15.7 Å². The van der Waals surface area contributed by atoms with Gasteiger partial charge in [-0.15, -0.1) is 0 Å². The lowest BCUT2D eigenvalue weighted by atomic mass is 9.86. The molecular weight excluding hydrogens is 204 g/mol. The summed E-state index contributed by atoms with van der Waals surface area (Å²) >= 11 is 0. The topological polar surface area (TPSA) is 61.4 Å². The van der Waals surface area contributed by atoms with Gasteiger partial charge in [0.2, 0.25) is 5.91 Å². The molecule has 92 valence electrons. The monoisotopic (exact) mass is 226 g/mol. The van der Waals surface area contributed by atoms with Crippen LogP contribution in [0.15, 0.2) is 0 Å². The fraction of sp³-hybridized carbons (Fsp3) is 0.917. The molecule has 4 heteroatoms. The zero-order chi connectivity index (χ0) is 11.6. The Labute approximate surface area is 96.8 Å². The van der Waals surface area contributed by atoms with Crippen LogP contribution in [0.5, 0.6) is 0 Å². The van der Waals surface area contributed by atoms with Crippen molar-refractivity contribution in [1.29, 1.82) is 0 Å². The summed E-state index contributed by atoms with van der Waals surface area (Å²) in [6.45, 7) is 3.66. The predicted octanol–water partition coefficient (Wildman–Crippen LogP) is 0.406. The first-order valence-electron chi connectivity index (χ1n) is 6.32. The summed E-state index contributed by atoms with van der Waals surface area (Å²) in [5.74, 6) is 0.100. The molecule has 1 saturated carbocycles. The molecule has 1 amide bonds. The van der Waals surface area contributed by atoms with E-state index in [4.69, 9.17) is 0 Å². The highest BCUT2D eigenvalue weighted by molar-refractivity contribution is 5.83. The fourth-order valence-corrected chi connectivity index (χ4v) is 2.63. The van der Waals surface area contributed by atoms with Gasteiger partial charge in [0.1, 0.15) is 0 Å². The SMILES string of the molecule is CC1(C(=O)N[C@H]2CCCC[C@@H]2O)CCNC1. The summed E-state index contributed by atoms with van der Waals surface area (Å²) in [7, 11) is 0. The molecule has 1 unspecified atom stereocenters. The second kappa shape index (κ2) is 4.72. The van der Waals surface area contributed by atoms with Gasteiger partial charge >= 0.3 is 0 Å². The van der Waals surface area contributed by atoms with Gasteiger partial charge in [0.05, 0.1) is 17.6 Å². The maximum Gasteiger partial charge on any atom is 0.227 e. The van der Waals surface area contributed by atoms with Crippen molar-refractivity contribution in [3.8, 4) is 0 Å². The fourth-order valence-electron chi connectivity index (χ4n) is 2.63. The molecule has 0 aromatic rings. The molecule has 0 bridgehead atoms. The first kappa shape index (κ1) is 11.9. The second-order valence-electron chi connectivity index (χ2n) is 5.42. The van der Waals surface area contributed by atoms with Gasteiger partial charge in [-0.3, -0.25) is 4.79 Å². The van der Waals surface area contributed by atoms with Crippen LogP contribution < -0.4 is 10.6 Å². The van der Waals surface area contributed by atoms with Gasteiger partial charge in [-0.2, -0.15) is 0 Å². The van der Waals surface area contributed by atoms with Crippen LogP contribution in [0.4, 0.5) is 0 Å². The lowest BCUT2D eigenvalue weighted by molar-refractivity contribution is -0.131. The number of aliphatic hydroxyl groups is 1. The van der Waals surface area contributed by atoms with Crippen LogP contribution in [-0.4, -0.2) is 36.2 Å². The molecule has 3 N–H and O–H groups in total. The third-order valence-corrected chi connectivity index (χ3v) is 3.96. The largest absolute Gasteiger partial charge is 0.391 e. The Morgan fingerprint density at radius 1 is 1.44 bits per heavy atom. The molecule has 1 aliphatic heterocycles. The third kappa shape index (κ3) is 2.38. The van der Waals surface area contributed by atoms with Crippen molar-refractivity contribution in [2.75, 3.05) is 13.1 Å². The van der Waals surface area contributed by atoms with E-state index in [2.05, 4.69) is 10.6 Å². The molecule has 0 aromatic heterocycles. The number of carbonyl (C=O) groups excluding carboxylic acids is 1. The highest BCUT2D eigenvalue weighted by Crippen LogP contribution is 2.26. The zero-order valence-corrected chi connectivity index (χ0v) is 9.96. The van der Waals surface area contributed by atoms with E-state index in [9.17, 15) is 9.90 Å². The molecule has 1 saturated heterocycles. The number of hydrogen-bond acceptors (Lipinski definition) is 3. The Bertz CT molecular complexity index is 262. The minimum absolute atomic E-state index is 0.0290. The molecule has 16 heavy (non-hydrogen) atoms. The van der Waals surface area contributed by atoms with E-state index < -0.39 is 0 Å². The summed E-state index contributed by atoms with van der Waals surface area (Å²) in [6, 6.07) is -0.0290. The smallest absolute Gasteiger partial charge is 0.227 e. The average Bonchev–Trinajstić information content (AvgIpc) is 2.70. The van der Waals surface area contributed by atoms with Crippen LogP contribution >= 0.6 is 0 Å². The quantitative estimate of drug-likeness (QED) is 0.639. The number of nitrogens with one attached hydrogen (secondary N) is 2. The molecule has 4 nitrogen and oxygen atoms in total. The van der Waals surface area contributed by atoms with Crippen molar-refractivity contribution >= 4 is 5.91 Å². The van der Waals surface area contributed by atoms with Gasteiger partial charge in [-0.25, -0.2) is 0 Å². The molecule has 2 rings (SSSR count). The minimum Gasteiger partial charge on any atom is -0.391 e. The lowest BCUT2D eigenvalue weighted by Crippen LogP contribution is -2.50. The van der Waals surface area contributed by atoms with Crippen LogP contribution in [0.3, 0.4) is 0 Å². The number of amides is 1. The zero-order valence-electron chi connectivity index (χ0n) is 9.96.